The van der Waals surface area contributed by atoms with E-state index >= 15 is 0 Å². The van der Waals surface area contributed by atoms with Crippen molar-refractivity contribution < 1.29 is 19.1 Å². The third kappa shape index (κ3) is 35.7. The van der Waals surface area contributed by atoms with Crippen molar-refractivity contribution >= 4 is 44.6 Å². The normalized spacial score (nSPS) is 16.6. The number of hydrogen-bond acceptors (Lipinski definition) is 11. The second kappa shape index (κ2) is 58.1. The van der Waals surface area contributed by atoms with E-state index in [9.17, 15) is 9.59 Å². The molecule has 17 heteroatoms. The van der Waals surface area contributed by atoms with Gasteiger partial charge >= 0.3 is 11.9 Å². The van der Waals surface area contributed by atoms with Gasteiger partial charge in [-0.1, -0.05) is 223 Å². The van der Waals surface area contributed by atoms with Crippen LogP contribution in [0.15, 0.2) is 317 Å². The van der Waals surface area contributed by atoms with Crippen LogP contribution in [0.3, 0.4) is 0 Å². The molecule has 0 aliphatic carbocycles. The van der Waals surface area contributed by atoms with Gasteiger partial charge in [0.1, 0.15) is 0 Å². The SMILES string of the molecule is CC[N-]CCCCCN1CC(C)N(CC#N)C(C)C1.CC[N-]CCCCCN1CC(C)N(CC(=O)OC)C(C)C1.CC[N-]CCCCCN1CCN(CC(=O)OC)CC1.c1ccc([S+](c2ccccc2)c2ccccc2)cc1.c1ccc([S+](c2ccccc2)c2ccccc2)cc1.c1ccc([S+](c2ccccc2)c2ccccc2)cc1. The van der Waals surface area contributed by atoms with Gasteiger partial charge < -0.3 is 40.1 Å². The Morgan fingerprint density at radius 1 is 0.328 bits per heavy atom. The Hall–Kier alpha value is -7.90. The average molecular weight is 1620 g/mol. The fourth-order valence-electron chi connectivity index (χ4n) is 14.5. The van der Waals surface area contributed by atoms with Crippen LogP contribution in [0.5, 0.6) is 0 Å². The molecule has 3 heterocycles. The van der Waals surface area contributed by atoms with E-state index in [0.29, 0.717) is 43.8 Å². The predicted molar refractivity (Wildman–Crippen MR) is 489 cm³/mol. The van der Waals surface area contributed by atoms with Gasteiger partial charge in [0, 0.05) is 76.5 Å². The van der Waals surface area contributed by atoms with E-state index in [2.05, 4.69) is 378 Å². The van der Waals surface area contributed by atoms with Crippen LogP contribution in [0, 0.1) is 11.3 Å². The average Bonchev–Trinajstić information content (AvgIpc) is 0.827. The largest absolute Gasteiger partial charge is 0.662 e. The smallest absolute Gasteiger partial charge is 0.319 e. The monoisotopic (exact) mass is 1620 g/mol. The lowest BCUT2D eigenvalue weighted by atomic mass is 10.1. The number of unbranched alkanes of at least 4 members (excludes halogenated alkanes) is 6. The van der Waals surface area contributed by atoms with Crippen LogP contribution < -0.4 is 0 Å². The minimum absolute atomic E-state index is 0.0146. The van der Waals surface area contributed by atoms with E-state index in [-0.39, 0.29) is 44.6 Å². The maximum Gasteiger partial charge on any atom is 0.319 e. The number of benzene rings is 9. The zero-order valence-electron chi connectivity index (χ0n) is 71.1. The first-order valence-electron chi connectivity index (χ1n) is 42.4. The van der Waals surface area contributed by atoms with Gasteiger partial charge in [0.2, 0.25) is 0 Å². The van der Waals surface area contributed by atoms with Gasteiger partial charge in [-0.25, -0.2) is 0 Å². The quantitative estimate of drug-likeness (QED) is 0.0162. The van der Waals surface area contributed by atoms with Crippen molar-refractivity contribution in [3.05, 3.63) is 289 Å². The van der Waals surface area contributed by atoms with Crippen molar-refractivity contribution in [2.45, 2.75) is 174 Å². The van der Waals surface area contributed by atoms with Gasteiger partial charge in [-0.3, -0.25) is 24.3 Å². The molecule has 3 aliphatic rings. The predicted octanol–water partition coefficient (Wildman–Crippen LogP) is 20.3. The zero-order chi connectivity index (χ0) is 82.4. The molecule has 4 unspecified atom stereocenters. The summed E-state index contributed by atoms with van der Waals surface area (Å²) in [5.74, 6) is -0.269. The first-order valence-corrected chi connectivity index (χ1v) is 46.0. The standard InChI is InChI=1S/3C18H15S.C16H32N3O2.C15H29N4.C14H28N3O2/c3*1-4-10-16(11-5-1)19(17-12-6-2-7-13-17)18-14-8-3-9-15-18;1-5-17-9-7-6-8-10-18-11-14(2)19(15(3)12-18)13-16(20)21-4;1-4-17-9-6-5-7-10-18-12-14(2)19(11-8-16)15(3)13-18;1-3-15-7-5-4-6-8-16-9-11-17(12-10-16)13-14(18)19-2/h3*1-15H;14-15H,5-13H2,1-4H3;14-15H,4-7,9-13H2,1-3H3;3-13H2,1-2H3/q3*+1;3*-1. The molecular formula is C99H134N10O4S3. The van der Waals surface area contributed by atoms with Crippen LogP contribution in [0.2, 0.25) is 0 Å². The van der Waals surface area contributed by atoms with Crippen molar-refractivity contribution in [1.82, 2.24) is 29.4 Å². The van der Waals surface area contributed by atoms with Crippen molar-refractivity contribution in [1.29, 1.82) is 5.26 Å². The van der Waals surface area contributed by atoms with Gasteiger partial charge in [0.15, 0.2) is 44.1 Å². The van der Waals surface area contributed by atoms with Gasteiger partial charge in [0.25, 0.3) is 0 Å². The van der Waals surface area contributed by atoms with E-state index < -0.39 is 0 Å². The first kappa shape index (κ1) is 95.2. The summed E-state index contributed by atoms with van der Waals surface area (Å²) in [5.41, 5.74) is 0. The molecule has 9 aromatic rings. The second-order valence-corrected chi connectivity index (χ2v) is 35.5. The molecule has 0 amide bonds. The highest BCUT2D eigenvalue weighted by atomic mass is 32.2. The molecule has 4 atom stereocenters. The number of nitrogens with zero attached hydrogens (tertiary/aromatic N) is 10. The summed E-state index contributed by atoms with van der Waals surface area (Å²) in [4.78, 5) is 49.2. The summed E-state index contributed by atoms with van der Waals surface area (Å²) in [6.45, 7) is 34.4. The van der Waals surface area contributed by atoms with E-state index in [1.807, 2.05) is 0 Å². The number of hydrogen-bond donors (Lipinski definition) is 0. The lowest BCUT2D eigenvalue weighted by molar-refractivity contribution is -0.144. The van der Waals surface area contributed by atoms with E-state index in [1.54, 1.807) is 0 Å². The van der Waals surface area contributed by atoms with Crippen LogP contribution in [0.25, 0.3) is 16.0 Å². The summed E-state index contributed by atoms with van der Waals surface area (Å²) >= 11 is 0. The van der Waals surface area contributed by atoms with Gasteiger partial charge in [-0.05, 0) is 176 Å². The molecule has 0 radical (unpaired) electrons. The molecule has 0 N–H and O–H groups in total. The lowest BCUT2D eigenvalue weighted by Gasteiger charge is -2.44. The van der Waals surface area contributed by atoms with Crippen LogP contribution in [-0.2, 0) is 51.7 Å². The molecule has 0 bridgehead atoms. The third-order valence-electron chi connectivity index (χ3n) is 20.5. The summed E-state index contributed by atoms with van der Waals surface area (Å²) in [7, 11) is 2.86. The molecule has 3 saturated heterocycles. The van der Waals surface area contributed by atoms with Gasteiger partial charge in [-0.15, -0.1) is 19.6 Å². The first-order chi connectivity index (χ1) is 56.9. The molecule has 12 rings (SSSR count). The van der Waals surface area contributed by atoms with E-state index in [1.165, 1.54) is 129 Å². The summed E-state index contributed by atoms with van der Waals surface area (Å²) in [6, 6.07) is 101. The van der Waals surface area contributed by atoms with Gasteiger partial charge in [0.05, 0.1) is 72.6 Å². The molecule has 0 saturated carbocycles. The summed E-state index contributed by atoms with van der Waals surface area (Å²) in [6.07, 6.45) is 11.2. The number of ether oxygens (including phenoxy) is 2. The highest BCUT2D eigenvalue weighted by Crippen LogP contribution is 2.34. The van der Waals surface area contributed by atoms with Crippen LogP contribution in [-0.4, -0.2) is 211 Å². The molecule has 116 heavy (non-hydrogen) atoms. The molecule has 0 spiro atoms. The van der Waals surface area contributed by atoms with E-state index in [4.69, 9.17) is 10.00 Å². The maximum absolute atomic E-state index is 11.5. The molecule has 3 fully saturated rings. The highest BCUT2D eigenvalue weighted by molar-refractivity contribution is 7.97. The number of esters is 2. The van der Waals surface area contributed by atoms with Crippen molar-refractivity contribution in [3.63, 3.8) is 0 Å². The fraction of sp³-hybridized carbons (Fsp3) is 0.424. The Labute approximate surface area is 708 Å². The van der Waals surface area contributed by atoms with Crippen LogP contribution in [0.4, 0.5) is 0 Å². The number of carbonyl (C=O) groups excluding carboxylic acids is 2. The topological polar surface area (TPSA) is 138 Å². The number of piperazine rings is 3. The van der Waals surface area contributed by atoms with E-state index in [0.717, 1.165) is 98.2 Å². The Bertz CT molecular complexity index is 3390. The lowest BCUT2D eigenvalue weighted by Crippen LogP contribution is -2.57. The Morgan fingerprint density at radius 2 is 0.552 bits per heavy atom. The fourth-order valence-corrected chi connectivity index (χ4v) is 20.9. The maximum atomic E-state index is 11.5. The minimum atomic E-state index is -0.137. The van der Waals surface area contributed by atoms with Crippen LogP contribution in [0.1, 0.15) is 106 Å². The number of nitriles is 1. The molecular weight excluding hydrogens is 1490 g/mol. The Balaban J connectivity index is 0.000000192. The molecule has 0 aromatic heterocycles. The highest BCUT2D eigenvalue weighted by Gasteiger charge is 2.33. The second-order valence-electron chi connectivity index (χ2n) is 29.4. The van der Waals surface area contributed by atoms with Crippen molar-refractivity contribution in [2.75, 3.05) is 145 Å². The molecule has 14 nitrogen and oxygen atoms in total. The van der Waals surface area contributed by atoms with Gasteiger partial charge in [-0.2, -0.15) is 24.9 Å². The summed E-state index contributed by atoms with van der Waals surface area (Å²) in [5, 5.41) is 21.9. The molecule has 622 valence electrons. The molecule has 9 aromatic carbocycles. The Morgan fingerprint density at radius 3 is 0.784 bits per heavy atom. The third-order valence-corrected chi connectivity index (χ3v) is 27.2. The zero-order valence-corrected chi connectivity index (χ0v) is 73.6. The minimum Gasteiger partial charge on any atom is -0.662 e. The number of rotatable bonds is 35. The summed E-state index contributed by atoms with van der Waals surface area (Å²) < 4.78 is 9.47. The van der Waals surface area contributed by atoms with Crippen molar-refractivity contribution in [3.8, 4) is 6.07 Å². The van der Waals surface area contributed by atoms with Crippen molar-refractivity contribution in [2.24, 2.45) is 0 Å². The number of methoxy groups -OCH3 is 2. The number of carbonyl (C=O) groups is 2. The Kier molecular flexibility index (Phi) is 47.7. The van der Waals surface area contributed by atoms with Crippen LogP contribution >= 0.6 is 0 Å². The molecule has 3 aliphatic heterocycles.